The molecule has 0 heterocycles. The van der Waals surface area contributed by atoms with E-state index >= 15 is 0 Å². The topological polar surface area (TPSA) is 49.3 Å². The molecule has 122 valence electrons. The van der Waals surface area contributed by atoms with Gasteiger partial charge in [-0.3, -0.25) is 4.79 Å². The lowest BCUT2D eigenvalue weighted by atomic mass is 10.0. The van der Waals surface area contributed by atoms with Gasteiger partial charge in [-0.1, -0.05) is 48.5 Å². The average Bonchev–Trinajstić information content (AvgIpc) is 2.55. The monoisotopic (exact) mass is 329 g/mol. The second-order valence-corrected chi connectivity index (χ2v) is 7.74. The van der Waals surface area contributed by atoms with E-state index in [-0.39, 0.29) is 11.9 Å². The van der Waals surface area contributed by atoms with Crippen LogP contribution in [-0.2, 0) is 4.79 Å². The molecule has 0 unspecified atom stereocenters. The van der Waals surface area contributed by atoms with Crippen molar-refractivity contribution >= 4 is 17.7 Å². The fraction of sp³-hybridized carbons (Fsp3) is 0.316. The summed E-state index contributed by atoms with van der Waals surface area (Å²) >= 11 is 1.51. The van der Waals surface area contributed by atoms with Gasteiger partial charge in [-0.15, -0.1) is 11.8 Å². The molecule has 2 atom stereocenters. The van der Waals surface area contributed by atoms with Crippen LogP contribution in [0.5, 0.6) is 0 Å². The molecule has 4 heteroatoms. The number of carbonyl (C=O) groups excluding carboxylic acids is 1. The van der Waals surface area contributed by atoms with Crippen LogP contribution >= 0.6 is 11.8 Å². The molecule has 23 heavy (non-hydrogen) atoms. The van der Waals surface area contributed by atoms with Gasteiger partial charge in [0.15, 0.2) is 0 Å². The molecule has 0 aliphatic carbocycles. The van der Waals surface area contributed by atoms with Crippen molar-refractivity contribution < 1.29 is 9.90 Å². The molecule has 2 aromatic rings. The molecular formula is C19H23NO2S. The van der Waals surface area contributed by atoms with Crippen molar-refractivity contribution in [2.45, 2.75) is 42.6 Å². The molecule has 0 aromatic heterocycles. The zero-order valence-corrected chi connectivity index (χ0v) is 14.5. The highest BCUT2D eigenvalue weighted by Crippen LogP contribution is 2.32. The predicted octanol–water partition coefficient (Wildman–Crippen LogP) is 3.80. The summed E-state index contributed by atoms with van der Waals surface area (Å²) in [6.45, 7) is 5.60. The minimum atomic E-state index is -0.724. The quantitative estimate of drug-likeness (QED) is 0.793. The van der Waals surface area contributed by atoms with Crippen molar-refractivity contribution in [2.24, 2.45) is 0 Å². The number of amides is 1. The second kappa shape index (κ2) is 7.66. The number of carbonyl (C=O) groups is 1. The third-order valence-electron chi connectivity index (χ3n) is 3.64. The summed E-state index contributed by atoms with van der Waals surface area (Å²) in [6.07, 6.45) is -0.724. The largest absolute Gasteiger partial charge is 0.386 e. The maximum atomic E-state index is 12.6. The van der Waals surface area contributed by atoms with Crippen molar-refractivity contribution in [2.75, 3.05) is 0 Å². The zero-order chi connectivity index (χ0) is 16.9. The number of hydrogen-bond donors (Lipinski definition) is 2. The number of benzene rings is 2. The van der Waals surface area contributed by atoms with E-state index in [4.69, 9.17) is 0 Å². The lowest BCUT2D eigenvalue weighted by molar-refractivity contribution is -0.124. The number of hydrogen-bond acceptors (Lipinski definition) is 3. The summed E-state index contributed by atoms with van der Waals surface area (Å²) in [5.74, 6) is -0.0890. The van der Waals surface area contributed by atoms with E-state index in [9.17, 15) is 9.90 Å². The molecule has 1 amide bonds. The molecule has 0 aliphatic heterocycles. The Hall–Kier alpha value is -1.78. The van der Waals surface area contributed by atoms with Gasteiger partial charge in [-0.05, 0) is 38.5 Å². The lowest BCUT2D eigenvalue weighted by Crippen LogP contribution is -2.46. The molecule has 0 fully saturated rings. The Morgan fingerprint density at radius 2 is 1.57 bits per heavy atom. The molecule has 2 rings (SSSR count). The van der Waals surface area contributed by atoms with Crippen molar-refractivity contribution in [1.82, 2.24) is 5.32 Å². The fourth-order valence-electron chi connectivity index (χ4n) is 2.23. The van der Waals surface area contributed by atoms with Crippen LogP contribution in [0.2, 0.25) is 0 Å². The average molecular weight is 329 g/mol. The number of aliphatic hydroxyl groups excluding tert-OH is 1. The van der Waals surface area contributed by atoms with Crippen molar-refractivity contribution in [1.29, 1.82) is 0 Å². The van der Waals surface area contributed by atoms with Gasteiger partial charge < -0.3 is 10.4 Å². The lowest BCUT2D eigenvalue weighted by Gasteiger charge is -2.27. The Morgan fingerprint density at radius 3 is 2.13 bits per heavy atom. The van der Waals surface area contributed by atoms with Crippen molar-refractivity contribution in [3.8, 4) is 0 Å². The molecule has 0 saturated carbocycles. The van der Waals surface area contributed by atoms with E-state index in [1.54, 1.807) is 0 Å². The van der Waals surface area contributed by atoms with Gasteiger partial charge in [0.05, 0.1) is 16.9 Å². The summed E-state index contributed by atoms with van der Waals surface area (Å²) in [4.78, 5) is 13.6. The van der Waals surface area contributed by atoms with Crippen molar-refractivity contribution in [3.63, 3.8) is 0 Å². The third kappa shape index (κ3) is 4.85. The fourth-order valence-corrected chi connectivity index (χ4v) is 3.26. The summed E-state index contributed by atoms with van der Waals surface area (Å²) in [7, 11) is 0. The molecule has 3 nitrogen and oxygen atoms in total. The van der Waals surface area contributed by atoms with Gasteiger partial charge in [-0.2, -0.15) is 0 Å². The van der Waals surface area contributed by atoms with Gasteiger partial charge in [0.1, 0.15) is 0 Å². The molecule has 0 aliphatic rings. The summed E-state index contributed by atoms with van der Waals surface area (Å²) in [5.41, 5.74) is 0.800. The third-order valence-corrected chi connectivity index (χ3v) is 4.84. The van der Waals surface area contributed by atoms with Crippen LogP contribution in [0, 0.1) is 0 Å². The van der Waals surface area contributed by atoms with E-state index in [0.717, 1.165) is 10.5 Å². The highest BCUT2D eigenvalue weighted by atomic mass is 32.2. The van der Waals surface area contributed by atoms with Crippen LogP contribution in [0.15, 0.2) is 65.6 Å². The summed E-state index contributed by atoms with van der Waals surface area (Å²) < 4.78 is -0.619. The number of nitrogens with one attached hydrogen (secondary N) is 1. The van der Waals surface area contributed by atoms with E-state index in [1.165, 1.54) is 11.8 Å². The Labute approximate surface area is 142 Å². The Balaban J connectivity index is 1.99. The van der Waals surface area contributed by atoms with Gasteiger partial charge in [-0.25, -0.2) is 0 Å². The summed E-state index contributed by atoms with van der Waals surface area (Å²) in [6, 6.07) is 18.9. The van der Waals surface area contributed by atoms with Gasteiger partial charge in [0, 0.05) is 4.90 Å². The molecule has 0 saturated heterocycles. The van der Waals surface area contributed by atoms with Crippen molar-refractivity contribution in [3.05, 3.63) is 66.2 Å². The van der Waals surface area contributed by atoms with E-state index in [0.29, 0.717) is 0 Å². The van der Waals surface area contributed by atoms with E-state index in [2.05, 4.69) is 5.32 Å². The molecule has 0 spiro atoms. The maximum Gasteiger partial charge on any atom is 0.236 e. The summed E-state index contributed by atoms with van der Waals surface area (Å²) in [5, 5.41) is 13.3. The normalized spacial score (nSPS) is 14.1. The van der Waals surface area contributed by atoms with E-state index in [1.807, 2.05) is 81.4 Å². The molecule has 0 radical (unpaired) electrons. The van der Waals surface area contributed by atoms with Gasteiger partial charge in [0.2, 0.25) is 5.91 Å². The first-order chi connectivity index (χ1) is 10.9. The van der Waals surface area contributed by atoms with Gasteiger partial charge in [0.25, 0.3) is 0 Å². The van der Waals surface area contributed by atoms with Gasteiger partial charge >= 0.3 is 0 Å². The first-order valence-electron chi connectivity index (χ1n) is 7.68. The highest BCUT2D eigenvalue weighted by Gasteiger charge is 2.31. The van der Waals surface area contributed by atoms with Crippen LogP contribution < -0.4 is 5.32 Å². The second-order valence-electron chi connectivity index (χ2n) is 6.04. The zero-order valence-electron chi connectivity index (χ0n) is 13.7. The Morgan fingerprint density at radius 1 is 1.04 bits per heavy atom. The maximum absolute atomic E-state index is 12.6. The minimum absolute atomic E-state index is 0.0890. The Bertz CT molecular complexity index is 628. The van der Waals surface area contributed by atoms with Crippen LogP contribution in [0.1, 0.15) is 32.4 Å². The molecular weight excluding hydrogens is 306 g/mol. The van der Waals surface area contributed by atoms with Crippen LogP contribution in [-0.4, -0.2) is 21.8 Å². The van der Waals surface area contributed by atoms with Crippen LogP contribution in [0.3, 0.4) is 0 Å². The van der Waals surface area contributed by atoms with E-state index < -0.39 is 10.9 Å². The van der Waals surface area contributed by atoms with Crippen LogP contribution in [0.25, 0.3) is 0 Å². The smallest absolute Gasteiger partial charge is 0.236 e. The SMILES string of the molecule is C[C@H](NC(=O)C(C)(C)Sc1ccccc1)[C@H](O)c1ccccc1. The predicted molar refractivity (Wildman–Crippen MR) is 95.4 cm³/mol. The standard InChI is InChI=1S/C19H23NO2S/c1-14(17(21)15-10-6-4-7-11-15)20-18(22)19(2,3)23-16-12-8-5-9-13-16/h4-14,17,21H,1-3H3,(H,20,22)/t14-,17-/m0/s1. The number of rotatable bonds is 6. The first-order valence-corrected chi connectivity index (χ1v) is 8.50. The molecule has 0 bridgehead atoms. The highest BCUT2D eigenvalue weighted by molar-refractivity contribution is 8.01. The minimum Gasteiger partial charge on any atom is -0.386 e. The number of thioether (sulfide) groups is 1. The Kier molecular flexibility index (Phi) is 5.85. The first kappa shape index (κ1) is 17.6. The molecule has 2 N–H and O–H groups in total. The number of aliphatic hydroxyl groups is 1. The van der Waals surface area contributed by atoms with Crippen LogP contribution in [0.4, 0.5) is 0 Å². The molecule has 2 aromatic carbocycles.